The molecular formula is C20H19N3O2. The van der Waals surface area contributed by atoms with E-state index in [1.807, 2.05) is 54.6 Å². The van der Waals surface area contributed by atoms with Crippen molar-refractivity contribution in [3.05, 3.63) is 65.9 Å². The Balaban J connectivity index is 1.55. The fourth-order valence-electron chi connectivity index (χ4n) is 3.39. The largest absolute Gasteiger partial charge is 0.352 e. The van der Waals surface area contributed by atoms with Crippen molar-refractivity contribution < 1.29 is 9.59 Å². The molecule has 5 nitrogen and oxygen atoms in total. The molecule has 0 unspecified atom stereocenters. The van der Waals surface area contributed by atoms with Gasteiger partial charge in [0.05, 0.1) is 11.7 Å². The molecule has 1 aliphatic heterocycles. The normalized spacial score (nSPS) is 17.1. The first-order chi connectivity index (χ1) is 12.2. The number of nitrogens with one attached hydrogen (secondary N) is 3. The summed E-state index contributed by atoms with van der Waals surface area (Å²) in [5.74, 6) is -0.219. The topological polar surface area (TPSA) is 74.0 Å². The van der Waals surface area contributed by atoms with Gasteiger partial charge in [0.1, 0.15) is 0 Å². The lowest BCUT2D eigenvalue weighted by Gasteiger charge is -2.14. The van der Waals surface area contributed by atoms with Crippen LogP contribution in [0.4, 0.5) is 5.69 Å². The predicted molar refractivity (Wildman–Crippen MR) is 97.8 cm³/mol. The average Bonchev–Trinajstić information content (AvgIpc) is 2.93. The van der Waals surface area contributed by atoms with Gasteiger partial charge in [-0.15, -0.1) is 0 Å². The number of fused-ring (bicyclic) bond motifs is 3. The monoisotopic (exact) mass is 333 g/mol. The highest BCUT2D eigenvalue weighted by Gasteiger charge is 2.29. The van der Waals surface area contributed by atoms with Crippen molar-refractivity contribution in [3.8, 4) is 0 Å². The van der Waals surface area contributed by atoms with Gasteiger partial charge in [0.2, 0.25) is 5.91 Å². The van der Waals surface area contributed by atoms with Gasteiger partial charge in [-0.1, -0.05) is 36.4 Å². The van der Waals surface area contributed by atoms with Gasteiger partial charge >= 0.3 is 0 Å². The van der Waals surface area contributed by atoms with Crippen molar-refractivity contribution >= 4 is 28.3 Å². The molecule has 5 heteroatoms. The van der Waals surface area contributed by atoms with Crippen molar-refractivity contribution in [2.24, 2.45) is 0 Å². The zero-order valence-electron chi connectivity index (χ0n) is 13.7. The lowest BCUT2D eigenvalue weighted by atomic mass is 10.0. The maximum atomic E-state index is 12.9. The molecule has 4 rings (SSSR count). The fourth-order valence-corrected chi connectivity index (χ4v) is 3.39. The van der Waals surface area contributed by atoms with Crippen LogP contribution >= 0.6 is 0 Å². The summed E-state index contributed by atoms with van der Waals surface area (Å²) in [5, 5.41) is 7.14. The Bertz CT molecular complexity index is 931. The Labute approximate surface area is 145 Å². The molecule has 2 heterocycles. The van der Waals surface area contributed by atoms with Crippen LogP contribution < -0.4 is 10.6 Å². The number of anilines is 1. The lowest BCUT2D eigenvalue weighted by molar-refractivity contribution is -0.116. The van der Waals surface area contributed by atoms with Crippen molar-refractivity contribution in [2.75, 3.05) is 11.9 Å². The molecule has 25 heavy (non-hydrogen) atoms. The number of rotatable bonds is 3. The third-order valence-electron chi connectivity index (χ3n) is 4.59. The zero-order valence-corrected chi connectivity index (χ0v) is 13.7. The first-order valence-electron chi connectivity index (χ1n) is 8.44. The van der Waals surface area contributed by atoms with Gasteiger partial charge in [0.15, 0.2) is 5.78 Å². The fraction of sp³-hybridized carbons (Fsp3) is 0.200. The number of amides is 1. The number of carbonyl (C=O) groups is 2. The van der Waals surface area contributed by atoms with E-state index in [2.05, 4.69) is 15.6 Å². The maximum Gasteiger partial charge on any atom is 0.226 e. The van der Waals surface area contributed by atoms with Crippen molar-refractivity contribution in [1.82, 2.24) is 10.3 Å². The quantitative estimate of drug-likeness (QED) is 0.690. The Kier molecular flexibility index (Phi) is 4.07. The minimum atomic E-state index is -0.516. The molecule has 3 aromatic rings. The molecule has 0 saturated heterocycles. The summed E-state index contributed by atoms with van der Waals surface area (Å²) in [7, 11) is 0. The molecular weight excluding hydrogens is 314 g/mol. The SMILES string of the molecule is O=C(C[C@@H]1NCCc2c([nH]c3ccccc23)C1=O)Nc1ccccc1. The van der Waals surface area contributed by atoms with Gasteiger partial charge in [0.25, 0.3) is 0 Å². The molecule has 0 saturated carbocycles. The second-order valence-electron chi connectivity index (χ2n) is 6.26. The molecule has 0 aliphatic carbocycles. The van der Waals surface area contributed by atoms with E-state index in [1.54, 1.807) is 0 Å². The minimum absolute atomic E-state index is 0.0492. The van der Waals surface area contributed by atoms with Crippen molar-refractivity contribution in [2.45, 2.75) is 18.9 Å². The minimum Gasteiger partial charge on any atom is -0.352 e. The van der Waals surface area contributed by atoms with E-state index in [4.69, 9.17) is 0 Å². The molecule has 0 bridgehead atoms. The number of aromatic nitrogens is 1. The third-order valence-corrected chi connectivity index (χ3v) is 4.59. The summed E-state index contributed by atoms with van der Waals surface area (Å²) in [6.45, 7) is 0.671. The molecule has 1 atom stereocenters. The Hall–Kier alpha value is -2.92. The number of H-pyrrole nitrogens is 1. The summed E-state index contributed by atoms with van der Waals surface area (Å²) < 4.78 is 0. The predicted octanol–water partition coefficient (Wildman–Crippen LogP) is 2.89. The van der Waals surface area contributed by atoms with Crippen molar-refractivity contribution in [3.63, 3.8) is 0 Å². The number of carbonyl (C=O) groups excluding carboxylic acids is 2. The van der Waals surface area contributed by atoms with Crippen LogP contribution in [0.5, 0.6) is 0 Å². The van der Waals surface area contributed by atoms with Gasteiger partial charge in [-0.05, 0) is 36.7 Å². The van der Waals surface area contributed by atoms with Gasteiger partial charge in [-0.3, -0.25) is 9.59 Å². The van der Waals surface area contributed by atoms with Crippen LogP contribution in [0.25, 0.3) is 10.9 Å². The van der Waals surface area contributed by atoms with E-state index >= 15 is 0 Å². The van der Waals surface area contributed by atoms with Crippen LogP contribution in [-0.4, -0.2) is 29.3 Å². The summed E-state index contributed by atoms with van der Waals surface area (Å²) >= 11 is 0. The van der Waals surface area contributed by atoms with Gasteiger partial charge in [-0.25, -0.2) is 0 Å². The molecule has 0 fully saturated rings. The van der Waals surface area contributed by atoms with E-state index in [0.717, 1.165) is 28.6 Å². The molecule has 1 aliphatic rings. The van der Waals surface area contributed by atoms with E-state index in [1.165, 1.54) is 0 Å². The van der Waals surface area contributed by atoms with Crippen LogP contribution in [0, 0.1) is 0 Å². The number of hydrogen-bond donors (Lipinski definition) is 3. The molecule has 2 aromatic carbocycles. The highest BCUT2D eigenvalue weighted by atomic mass is 16.2. The standard InChI is InChI=1S/C20H19N3O2/c24-18(22-13-6-2-1-3-7-13)12-17-20(25)19-15(10-11-21-17)14-8-4-5-9-16(14)23-19/h1-9,17,21,23H,10-12H2,(H,22,24)/t17-/m0/s1. The number of ketones is 1. The van der Waals surface area contributed by atoms with Gasteiger partial charge in [-0.2, -0.15) is 0 Å². The molecule has 0 radical (unpaired) electrons. The van der Waals surface area contributed by atoms with E-state index in [0.29, 0.717) is 12.2 Å². The Morgan fingerprint density at radius 2 is 1.84 bits per heavy atom. The lowest BCUT2D eigenvalue weighted by Crippen LogP contribution is -2.39. The van der Waals surface area contributed by atoms with Gasteiger partial charge < -0.3 is 15.6 Å². The third kappa shape index (κ3) is 3.06. The van der Waals surface area contributed by atoms with E-state index in [9.17, 15) is 9.59 Å². The number of benzene rings is 2. The molecule has 0 spiro atoms. The summed E-state index contributed by atoms with van der Waals surface area (Å²) in [6, 6.07) is 16.7. The smallest absolute Gasteiger partial charge is 0.226 e. The first kappa shape index (κ1) is 15.6. The number of para-hydroxylation sites is 2. The van der Waals surface area contributed by atoms with Gasteiger partial charge in [0, 0.05) is 23.0 Å². The summed E-state index contributed by atoms with van der Waals surface area (Å²) in [6.07, 6.45) is 0.879. The first-order valence-corrected chi connectivity index (χ1v) is 8.44. The second-order valence-corrected chi connectivity index (χ2v) is 6.26. The number of Topliss-reactive ketones (excluding diaryl/α,β-unsaturated/α-hetero) is 1. The van der Waals surface area contributed by atoms with Crippen LogP contribution in [0.1, 0.15) is 22.5 Å². The molecule has 3 N–H and O–H groups in total. The van der Waals surface area contributed by atoms with Crippen LogP contribution in [0.3, 0.4) is 0 Å². The summed E-state index contributed by atoms with van der Waals surface area (Å²) in [5.41, 5.74) is 3.37. The Morgan fingerprint density at radius 1 is 1.08 bits per heavy atom. The zero-order chi connectivity index (χ0) is 17.2. The molecule has 126 valence electrons. The number of hydrogen-bond acceptors (Lipinski definition) is 3. The average molecular weight is 333 g/mol. The second kappa shape index (κ2) is 6.53. The van der Waals surface area contributed by atoms with E-state index < -0.39 is 6.04 Å². The highest BCUT2D eigenvalue weighted by Crippen LogP contribution is 2.26. The molecule has 1 aromatic heterocycles. The highest BCUT2D eigenvalue weighted by molar-refractivity contribution is 6.07. The van der Waals surface area contributed by atoms with E-state index in [-0.39, 0.29) is 18.1 Å². The van der Waals surface area contributed by atoms with Crippen LogP contribution in [0.15, 0.2) is 54.6 Å². The van der Waals surface area contributed by atoms with Crippen molar-refractivity contribution in [1.29, 1.82) is 0 Å². The maximum absolute atomic E-state index is 12.9. The Morgan fingerprint density at radius 3 is 2.68 bits per heavy atom. The number of aromatic amines is 1. The van der Waals surface area contributed by atoms with Crippen LogP contribution in [0.2, 0.25) is 0 Å². The summed E-state index contributed by atoms with van der Waals surface area (Å²) in [4.78, 5) is 28.5. The van der Waals surface area contributed by atoms with Crippen LogP contribution in [-0.2, 0) is 11.2 Å². The molecule has 1 amide bonds.